The number of phenolic OH excluding ortho intramolecular Hbond substituents is 1. The first-order valence-corrected chi connectivity index (χ1v) is 5.96. The van der Waals surface area contributed by atoms with E-state index in [2.05, 4.69) is 5.32 Å². The first-order chi connectivity index (χ1) is 9.20. The minimum atomic E-state index is -0.234. The molecule has 98 valence electrons. The summed E-state index contributed by atoms with van der Waals surface area (Å²) in [5.41, 5.74) is 1.82. The van der Waals surface area contributed by atoms with E-state index in [1.54, 1.807) is 48.5 Å². The Bertz CT molecular complexity index is 581. The van der Waals surface area contributed by atoms with Crippen LogP contribution in [0.15, 0.2) is 48.5 Å². The Labute approximate surface area is 111 Å². The summed E-state index contributed by atoms with van der Waals surface area (Å²) in [6.45, 7) is -0.132. The number of aromatic hydroxyl groups is 1. The van der Waals surface area contributed by atoms with Gasteiger partial charge in [-0.2, -0.15) is 0 Å². The molecular weight excluding hydrogens is 242 g/mol. The number of para-hydroxylation sites is 2. The zero-order valence-electron chi connectivity index (χ0n) is 10.3. The lowest BCUT2D eigenvalue weighted by molar-refractivity contribution is -0.115. The number of nitrogens with one attached hydrogen (secondary N) is 1. The molecule has 0 aliphatic carbocycles. The van der Waals surface area contributed by atoms with Crippen molar-refractivity contribution >= 4 is 11.6 Å². The number of hydrogen-bond donors (Lipinski definition) is 3. The van der Waals surface area contributed by atoms with E-state index in [-0.39, 0.29) is 24.7 Å². The second-order valence-corrected chi connectivity index (χ2v) is 4.17. The highest BCUT2D eigenvalue weighted by Gasteiger charge is 2.09. The van der Waals surface area contributed by atoms with Gasteiger partial charge in [-0.15, -0.1) is 0 Å². The summed E-state index contributed by atoms with van der Waals surface area (Å²) in [7, 11) is 0. The van der Waals surface area contributed by atoms with Crippen LogP contribution in [0.1, 0.15) is 11.1 Å². The van der Waals surface area contributed by atoms with Crippen molar-refractivity contribution in [1.29, 1.82) is 0 Å². The molecule has 4 nitrogen and oxygen atoms in total. The Morgan fingerprint density at radius 3 is 2.32 bits per heavy atom. The number of phenols is 1. The van der Waals surface area contributed by atoms with Crippen molar-refractivity contribution in [2.75, 3.05) is 5.32 Å². The smallest absolute Gasteiger partial charge is 0.228 e. The standard InChI is InChI=1S/C15H15NO3/c17-10-12-6-1-3-7-13(12)16-15(19)9-11-5-2-4-8-14(11)18/h1-8,17-18H,9-10H2,(H,16,19). The third-order valence-corrected chi connectivity index (χ3v) is 2.80. The molecule has 0 radical (unpaired) electrons. The number of aliphatic hydroxyl groups excluding tert-OH is 1. The van der Waals surface area contributed by atoms with Gasteiger partial charge in [0.15, 0.2) is 0 Å². The molecule has 0 heterocycles. The predicted octanol–water partition coefficient (Wildman–Crippen LogP) is 2.07. The van der Waals surface area contributed by atoms with E-state index in [1.165, 1.54) is 0 Å². The number of carbonyl (C=O) groups is 1. The number of benzene rings is 2. The Hall–Kier alpha value is -2.33. The van der Waals surface area contributed by atoms with Crippen molar-refractivity contribution in [3.63, 3.8) is 0 Å². The molecule has 4 heteroatoms. The predicted molar refractivity (Wildman–Crippen MR) is 72.8 cm³/mol. The number of carbonyl (C=O) groups excluding carboxylic acids is 1. The molecule has 0 fully saturated rings. The molecule has 0 atom stereocenters. The van der Waals surface area contributed by atoms with Crippen LogP contribution in [0.25, 0.3) is 0 Å². The van der Waals surface area contributed by atoms with Crippen LogP contribution in [0.5, 0.6) is 5.75 Å². The normalized spacial score (nSPS) is 10.2. The molecule has 0 aliphatic rings. The Balaban J connectivity index is 2.08. The number of hydrogen-bond acceptors (Lipinski definition) is 3. The molecular formula is C15H15NO3. The van der Waals surface area contributed by atoms with Crippen LogP contribution in [-0.4, -0.2) is 16.1 Å². The summed E-state index contributed by atoms with van der Waals surface area (Å²) in [5, 5.41) is 21.5. The van der Waals surface area contributed by atoms with E-state index in [1.807, 2.05) is 0 Å². The van der Waals surface area contributed by atoms with Gasteiger partial charge < -0.3 is 15.5 Å². The maximum Gasteiger partial charge on any atom is 0.228 e. The molecule has 0 saturated carbocycles. The molecule has 2 aromatic carbocycles. The number of anilines is 1. The molecule has 0 bridgehead atoms. The van der Waals surface area contributed by atoms with Gasteiger partial charge in [0.2, 0.25) is 5.91 Å². The minimum Gasteiger partial charge on any atom is -0.508 e. The van der Waals surface area contributed by atoms with Gasteiger partial charge in [0.1, 0.15) is 5.75 Å². The van der Waals surface area contributed by atoms with E-state index in [0.717, 1.165) is 0 Å². The second kappa shape index (κ2) is 6.02. The van der Waals surface area contributed by atoms with Crippen LogP contribution >= 0.6 is 0 Å². The van der Waals surface area contributed by atoms with Gasteiger partial charge in [-0.05, 0) is 12.1 Å². The first-order valence-electron chi connectivity index (χ1n) is 5.96. The van der Waals surface area contributed by atoms with E-state index in [4.69, 9.17) is 0 Å². The third-order valence-electron chi connectivity index (χ3n) is 2.80. The summed E-state index contributed by atoms with van der Waals surface area (Å²) in [6, 6.07) is 13.8. The van der Waals surface area contributed by atoms with Gasteiger partial charge in [-0.1, -0.05) is 36.4 Å². The van der Waals surface area contributed by atoms with Gasteiger partial charge in [0, 0.05) is 16.8 Å². The minimum absolute atomic E-state index is 0.0897. The number of rotatable bonds is 4. The molecule has 0 unspecified atom stereocenters. The maximum atomic E-state index is 11.9. The largest absolute Gasteiger partial charge is 0.508 e. The van der Waals surface area contributed by atoms with E-state index < -0.39 is 0 Å². The lowest BCUT2D eigenvalue weighted by Gasteiger charge is -2.09. The van der Waals surface area contributed by atoms with Crippen molar-refractivity contribution < 1.29 is 15.0 Å². The van der Waals surface area contributed by atoms with Crippen LogP contribution in [0.4, 0.5) is 5.69 Å². The quantitative estimate of drug-likeness (QED) is 0.785. The molecule has 0 spiro atoms. The zero-order chi connectivity index (χ0) is 13.7. The SMILES string of the molecule is O=C(Cc1ccccc1O)Nc1ccccc1CO. The van der Waals surface area contributed by atoms with Gasteiger partial charge in [0.25, 0.3) is 0 Å². The topological polar surface area (TPSA) is 69.6 Å². The summed E-state index contributed by atoms with van der Waals surface area (Å²) in [4.78, 5) is 11.9. The molecule has 2 aromatic rings. The molecule has 0 aromatic heterocycles. The molecule has 2 rings (SSSR count). The fourth-order valence-electron chi connectivity index (χ4n) is 1.81. The van der Waals surface area contributed by atoms with Gasteiger partial charge >= 0.3 is 0 Å². The van der Waals surface area contributed by atoms with Crippen LogP contribution < -0.4 is 5.32 Å². The molecule has 0 saturated heterocycles. The monoisotopic (exact) mass is 257 g/mol. The summed E-state index contributed by atoms with van der Waals surface area (Å²) < 4.78 is 0. The lowest BCUT2D eigenvalue weighted by Crippen LogP contribution is -2.15. The van der Waals surface area contributed by atoms with Crippen LogP contribution in [0.2, 0.25) is 0 Å². The summed E-state index contributed by atoms with van der Waals surface area (Å²) >= 11 is 0. The Morgan fingerprint density at radius 2 is 1.63 bits per heavy atom. The van der Waals surface area contributed by atoms with Crippen molar-refractivity contribution in [2.24, 2.45) is 0 Å². The summed E-state index contributed by atoms with van der Waals surface area (Å²) in [6.07, 6.45) is 0.0897. The highest BCUT2D eigenvalue weighted by atomic mass is 16.3. The third kappa shape index (κ3) is 3.33. The molecule has 1 amide bonds. The zero-order valence-corrected chi connectivity index (χ0v) is 10.3. The van der Waals surface area contributed by atoms with Crippen LogP contribution in [-0.2, 0) is 17.8 Å². The van der Waals surface area contributed by atoms with Crippen LogP contribution in [0.3, 0.4) is 0 Å². The fourth-order valence-corrected chi connectivity index (χ4v) is 1.81. The van der Waals surface area contributed by atoms with Crippen molar-refractivity contribution in [3.05, 3.63) is 59.7 Å². The molecule has 3 N–H and O–H groups in total. The number of aliphatic hydroxyl groups is 1. The van der Waals surface area contributed by atoms with Gasteiger partial charge in [0.05, 0.1) is 13.0 Å². The Kier molecular flexibility index (Phi) is 4.15. The van der Waals surface area contributed by atoms with Crippen molar-refractivity contribution in [1.82, 2.24) is 0 Å². The average molecular weight is 257 g/mol. The van der Waals surface area contributed by atoms with Crippen LogP contribution in [0, 0.1) is 0 Å². The average Bonchev–Trinajstić information content (AvgIpc) is 2.42. The van der Waals surface area contributed by atoms with E-state index >= 15 is 0 Å². The first kappa shape index (κ1) is 13.1. The molecule has 19 heavy (non-hydrogen) atoms. The number of amides is 1. The van der Waals surface area contributed by atoms with E-state index in [9.17, 15) is 15.0 Å². The fraction of sp³-hybridized carbons (Fsp3) is 0.133. The van der Waals surface area contributed by atoms with Crippen molar-refractivity contribution in [3.8, 4) is 5.75 Å². The van der Waals surface area contributed by atoms with E-state index in [0.29, 0.717) is 16.8 Å². The van der Waals surface area contributed by atoms with Gasteiger partial charge in [-0.3, -0.25) is 4.79 Å². The highest BCUT2D eigenvalue weighted by molar-refractivity contribution is 5.93. The molecule has 0 aliphatic heterocycles. The lowest BCUT2D eigenvalue weighted by atomic mass is 10.1. The second-order valence-electron chi connectivity index (χ2n) is 4.17. The van der Waals surface area contributed by atoms with Gasteiger partial charge in [-0.25, -0.2) is 0 Å². The summed E-state index contributed by atoms with van der Waals surface area (Å²) in [5.74, 6) is -0.129. The van der Waals surface area contributed by atoms with Crippen molar-refractivity contribution in [2.45, 2.75) is 13.0 Å². The Morgan fingerprint density at radius 1 is 1.00 bits per heavy atom. The highest BCUT2D eigenvalue weighted by Crippen LogP contribution is 2.18. The maximum absolute atomic E-state index is 11.9.